The largest absolute Gasteiger partial charge is 0.492 e. The molecule has 2 heterocycles. The number of ether oxygens (including phenoxy) is 1. The second-order valence-electron chi connectivity index (χ2n) is 4.32. The van der Waals surface area contributed by atoms with Crippen LogP contribution in [0.15, 0.2) is 16.9 Å². The van der Waals surface area contributed by atoms with Gasteiger partial charge in [-0.3, -0.25) is 9.36 Å². The molecule has 0 aliphatic carbocycles. The van der Waals surface area contributed by atoms with Crippen LogP contribution in [-0.4, -0.2) is 27.2 Å². The van der Waals surface area contributed by atoms with Crippen LogP contribution in [0.25, 0.3) is 11.0 Å². The van der Waals surface area contributed by atoms with E-state index in [4.69, 9.17) is 4.74 Å². The number of nitrogens with zero attached hydrogens (tertiary/aromatic N) is 2. The second-order valence-corrected chi connectivity index (χ2v) is 4.32. The third kappa shape index (κ3) is 2.13. The number of pyridine rings is 2. The quantitative estimate of drug-likeness (QED) is 0.921. The number of carbonyl (C=O) groups is 1. The van der Waals surface area contributed by atoms with E-state index in [1.54, 1.807) is 26.0 Å². The molecule has 106 valence electrons. The Morgan fingerprint density at radius 3 is 2.65 bits per heavy atom. The maximum Gasteiger partial charge on any atom is 0.345 e. The van der Waals surface area contributed by atoms with Crippen molar-refractivity contribution in [3.63, 3.8) is 0 Å². The van der Waals surface area contributed by atoms with Crippen LogP contribution in [0.1, 0.15) is 29.9 Å². The van der Waals surface area contributed by atoms with E-state index in [1.807, 2.05) is 6.92 Å². The molecular weight excluding hydrogens is 260 g/mol. The third-order valence-electron chi connectivity index (χ3n) is 3.02. The summed E-state index contributed by atoms with van der Waals surface area (Å²) in [6.45, 7) is 5.95. The summed E-state index contributed by atoms with van der Waals surface area (Å²) in [6.07, 6.45) is 0. The number of aryl methyl sites for hydroxylation is 2. The van der Waals surface area contributed by atoms with Crippen molar-refractivity contribution in [1.82, 2.24) is 9.55 Å². The molecule has 0 radical (unpaired) electrons. The summed E-state index contributed by atoms with van der Waals surface area (Å²) in [7, 11) is 0. The average molecular weight is 276 g/mol. The van der Waals surface area contributed by atoms with Gasteiger partial charge in [0.2, 0.25) is 0 Å². The van der Waals surface area contributed by atoms with Gasteiger partial charge in [-0.05, 0) is 32.9 Å². The van der Waals surface area contributed by atoms with E-state index in [-0.39, 0.29) is 17.9 Å². The van der Waals surface area contributed by atoms with E-state index in [0.717, 1.165) is 5.69 Å². The van der Waals surface area contributed by atoms with Crippen LogP contribution in [0.2, 0.25) is 0 Å². The molecule has 2 rings (SSSR count). The molecule has 2 aromatic heterocycles. The molecule has 1 N–H and O–H groups in total. The molecule has 0 fully saturated rings. The van der Waals surface area contributed by atoms with E-state index in [0.29, 0.717) is 17.6 Å². The molecule has 0 atom stereocenters. The van der Waals surface area contributed by atoms with Crippen LogP contribution in [0.3, 0.4) is 0 Å². The fourth-order valence-electron chi connectivity index (χ4n) is 2.17. The summed E-state index contributed by atoms with van der Waals surface area (Å²) in [5.41, 5.74) is 0.275. The highest BCUT2D eigenvalue weighted by molar-refractivity contribution is 5.98. The van der Waals surface area contributed by atoms with Gasteiger partial charge in [0.15, 0.2) is 5.56 Å². The minimum Gasteiger partial charge on any atom is -0.492 e. The van der Waals surface area contributed by atoms with Gasteiger partial charge in [0.1, 0.15) is 11.4 Å². The normalized spacial score (nSPS) is 10.8. The minimum atomic E-state index is -1.29. The summed E-state index contributed by atoms with van der Waals surface area (Å²) in [5.74, 6) is -1.19. The van der Waals surface area contributed by atoms with Crippen molar-refractivity contribution in [2.75, 3.05) is 6.61 Å². The number of fused-ring (bicyclic) bond motifs is 1. The SMILES string of the molecule is CCOc1c(C(=O)O)c(=O)n(CC)c2nc(C)ccc12. The number of carboxylic acid groups (broad SMARTS) is 1. The molecule has 0 aliphatic rings. The van der Waals surface area contributed by atoms with E-state index in [2.05, 4.69) is 4.98 Å². The van der Waals surface area contributed by atoms with E-state index in [1.165, 1.54) is 4.57 Å². The second kappa shape index (κ2) is 5.32. The Labute approximate surface area is 115 Å². The Hall–Kier alpha value is -2.37. The number of aromatic nitrogens is 2. The lowest BCUT2D eigenvalue weighted by Gasteiger charge is -2.14. The zero-order valence-electron chi connectivity index (χ0n) is 11.6. The molecule has 20 heavy (non-hydrogen) atoms. The van der Waals surface area contributed by atoms with Crippen molar-refractivity contribution >= 4 is 17.0 Å². The van der Waals surface area contributed by atoms with Gasteiger partial charge in [-0.15, -0.1) is 0 Å². The van der Waals surface area contributed by atoms with Gasteiger partial charge < -0.3 is 9.84 Å². The first-order valence-electron chi connectivity index (χ1n) is 6.41. The summed E-state index contributed by atoms with van der Waals surface area (Å²) < 4.78 is 6.75. The molecule has 0 bridgehead atoms. The zero-order valence-corrected chi connectivity index (χ0v) is 11.6. The van der Waals surface area contributed by atoms with Gasteiger partial charge in [-0.2, -0.15) is 0 Å². The molecule has 0 aliphatic heterocycles. The Balaban J connectivity index is 3.01. The Kier molecular flexibility index (Phi) is 3.74. The first-order chi connectivity index (χ1) is 9.51. The standard InChI is InChI=1S/C14H16N2O4/c1-4-16-12-9(7-6-8(3)15-12)11(20-5-2)10(13(16)17)14(18)19/h6-7H,4-5H2,1-3H3,(H,18,19). The van der Waals surface area contributed by atoms with Crippen molar-refractivity contribution in [1.29, 1.82) is 0 Å². The molecule has 2 aromatic rings. The molecule has 0 aromatic carbocycles. The van der Waals surface area contributed by atoms with Gasteiger partial charge in [-0.25, -0.2) is 9.78 Å². The lowest BCUT2D eigenvalue weighted by molar-refractivity contribution is 0.0690. The fourth-order valence-corrected chi connectivity index (χ4v) is 2.17. The first kappa shape index (κ1) is 14.0. The van der Waals surface area contributed by atoms with Crippen molar-refractivity contribution in [2.24, 2.45) is 0 Å². The smallest absolute Gasteiger partial charge is 0.345 e. The molecule has 0 saturated carbocycles. The highest BCUT2D eigenvalue weighted by Crippen LogP contribution is 2.27. The van der Waals surface area contributed by atoms with Crippen LogP contribution >= 0.6 is 0 Å². The number of aromatic carboxylic acids is 1. The Morgan fingerprint density at radius 2 is 2.10 bits per heavy atom. The predicted octanol–water partition coefficient (Wildman–Crippen LogP) is 1.82. The molecule has 0 unspecified atom stereocenters. The zero-order chi connectivity index (χ0) is 14.9. The summed E-state index contributed by atoms with van der Waals surface area (Å²) in [6, 6.07) is 3.50. The number of carboxylic acids is 1. The van der Waals surface area contributed by atoms with Crippen molar-refractivity contribution < 1.29 is 14.6 Å². The van der Waals surface area contributed by atoms with Gasteiger partial charge in [0.05, 0.1) is 12.0 Å². The molecule has 0 saturated heterocycles. The van der Waals surface area contributed by atoms with Gasteiger partial charge in [0, 0.05) is 12.2 Å². The van der Waals surface area contributed by atoms with Crippen LogP contribution in [0, 0.1) is 6.92 Å². The number of hydrogen-bond acceptors (Lipinski definition) is 4. The third-order valence-corrected chi connectivity index (χ3v) is 3.02. The highest BCUT2D eigenvalue weighted by Gasteiger charge is 2.23. The number of hydrogen-bond donors (Lipinski definition) is 1. The Morgan fingerprint density at radius 1 is 1.40 bits per heavy atom. The van der Waals surface area contributed by atoms with Crippen molar-refractivity contribution in [3.05, 3.63) is 33.7 Å². The predicted molar refractivity (Wildman–Crippen MR) is 74.5 cm³/mol. The van der Waals surface area contributed by atoms with E-state index < -0.39 is 11.5 Å². The fraction of sp³-hybridized carbons (Fsp3) is 0.357. The van der Waals surface area contributed by atoms with Gasteiger partial charge in [0.25, 0.3) is 5.56 Å². The van der Waals surface area contributed by atoms with Crippen LogP contribution < -0.4 is 10.3 Å². The highest BCUT2D eigenvalue weighted by atomic mass is 16.5. The summed E-state index contributed by atoms with van der Waals surface area (Å²) >= 11 is 0. The molecule has 0 amide bonds. The van der Waals surface area contributed by atoms with Crippen LogP contribution in [0.5, 0.6) is 5.75 Å². The topological polar surface area (TPSA) is 81.4 Å². The van der Waals surface area contributed by atoms with E-state index in [9.17, 15) is 14.7 Å². The number of rotatable bonds is 4. The summed E-state index contributed by atoms with van der Waals surface area (Å²) in [4.78, 5) is 28.0. The van der Waals surface area contributed by atoms with E-state index >= 15 is 0 Å². The molecule has 6 heteroatoms. The molecular formula is C14H16N2O4. The van der Waals surface area contributed by atoms with Crippen LogP contribution in [-0.2, 0) is 6.54 Å². The average Bonchev–Trinajstić information content (AvgIpc) is 2.38. The minimum absolute atomic E-state index is 0.0946. The van der Waals surface area contributed by atoms with Crippen LogP contribution in [0.4, 0.5) is 0 Å². The maximum absolute atomic E-state index is 12.3. The lowest BCUT2D eigenvalue weighted by Crippen LogP contribution is -2.28. The van der Waals surface area contributed by atoms with Gasteiger partial charge in [-0.1, -0.05) is 0 Å². The first-order valence-corrected chi connectivity index (χ1v) is 6.41. The van der Waals surface area contributed by atoms with Gasteiger partial charge >= 0.3 is 5.97 Å². The molecule has 6 nitrogen and oxygen atoms in total. The lowest BCUT2D eigenvalue weighted by atomic mass is 10.1. The maximum atomic E-state index is 12.3. The van der Waals surface area contributed by atoms with Crippen molar-refractivity contribution in [3.8, 4) is 5.75 Å². The van der Waals surface area contributed by atoms with Crippen molar-refractivity contribution in [2.45, 2.75) is 27.3 Å². The monoisotopic (exact) mass is 276 g/mol. The summed E-state index contributed by atoms with van der Waals surface area (Å²) in [5, 5.41) is 9.83. The Bertz CT molecular complexity index is 734. The molecule has 0 spiro atoms.